The molecule has 0 saturated carbocycles. The molecule has 0 aliphatic carbocycles. The summed E-state index contributed by atoms with van der Waals surface area (Å²) in [6.07, 6.45) is 8.34. The third-order valence-electron chi connectivity index (χ3n) is 4.14. The summed E-state index contributed by atoms with van der Waals surface area (Å²) in [6.45, 7) is 6.23. The van der Waals surface area contributed by atoms with Crippen molar-refractivity contribution in [2.75, 3.05) is 18.4 Å². The van der Waals surface area contributed by atoms with Gasteiger partial charge in [0.25, 0.3) is 0 Å². The number of hydrogen-bond donors (Lipinski definition) is 2. The zero-order valence-corrected chi connectivity index (χ0v) is 13.8. The van der Waals surface area contributed by atoms with Crippen LogP contribution in [0.4, 0.5) is 5.82 Å². The van der Waals surface area contributed by atoms with Crippen molar-refractivity contribution in [3.05, 3.63) is 41.9 Å². The minimum Gasteiger partial charge on any atom is -0.367 e. The Hall–Kier alpha value is -2.08. The van der Waals surface area contributed by atoms with Gasteiger partial charge in [-0.05, 0) is 39.8 Å². The second-order valence-corrected chi connectivity index (χ2v) is 6.20. The lowest BCUT2D eigenvalue weighted by Crippen LogP contribution is -2.27. The predicted octanol–water partition coefficient (Wildman–Crippen LogP) is 2.09. The van der Waals surface area contributed by atoms with Crippen LogP contribution in [0.2, 0.25) is 0 Å². The summed E-state index contributed by atoms with van der Waals surface area (Å²) in [6, 6.07) is 2.35. The maximum Gasteiger partial charge on any atom is 0.130 e. The van der Waals surface area contributed by atoms with Gasteiger partial charge in [0.15, 0.2) is 0 Å². The molecule has 0 aromatic carbocycles. The predicted molar refractivity (Wildman–Crippen MR) is 90.4 cm³/mol. The highest BCUT2D eigenvalue weighted by atomic mass is 15.0. The van der Waals surface area contributed by atoms with Gasteiger partial charge < -0.3 is 10.6 Å². The topological polar surface area (TPSA) is 75.6 Å². The van der Waals surface area contributed by atoms with Crippen molar-refractivity contribution in [1.29, 1.82) is 0 Å². The van der Waals surface area contributed by atoms with Gasteiger partial charge in [0.1, 0.15) is 11.6 Å². The fourth-order valence-electron chi connectivity index (χ4n) is 3.04. The average Bonchev–Trinajstić information content (AvgIpc) is 2.56. The van der Waals surface area contributed by atoms with Crippen LogP contribution in [0.25, 0.3) is 0 Å². The summed E-state index contributed by atoms with van der Waals surface area (Å²) in [5, 5.41) is 6.88. The van der Waals surface area contributed by atoms with E-state index in [4.69, 9.17) is 0 Å². The Morgan fingerprint density at radius 3 is 2.83 bits per heavy atom. The third-order valence-corrected chi connectivity index (χ3v) is 4.14. The fourth-order valence-corrected chi connectivity index (χ4v) is 3.04. The summed E-state index contributed by atoms with van der Waals surface area (Å²) in [4.78, 5) is 17.6. The lowest BCUT2D eigenvalue weighted by atomic mass is 9.94. The fraction of sp³-hybridized carbons (Fsp3) is 0.529. The molecule has 122 valence electrons. The number of aryl methyl sites for hydroxylation is 1. The molecule has 1 unspecified atom stereocenters. The van der Waals surface area contributed by atoms with E-state index in [1.54, 1.807) is 12.4 Å². The molecule has 3 rings (SSSR count). The maximum absolute atomic E-state index is 4.65. The number of nitrogens with one attached hydrogen (secondary N) is 2. The minimum atomic E-state index is 0.238. The molecule has 1 atom stereocenters. The molecule has 0 bridgehead atoms. The maximum atomic E-state index is 4.65. The SMILES string of the molecule is Cc1nc(NC(C)Cc2cnccn2)cc(C2CCNCC2)n1. The van der Waals surface area contributed by atoms with Gasteiger partial charge in [-0.1, -0.05) is 0 Å². The molecule has 1 aliphatic heterocycles. The van der Waals surface area contributed by atoms with Crippen LogP contribution in [0, 0.1) is 6.92 Å². The molecule has 3 heterocycles. The van der Waals surface area contributed by atoms with Crippen LogP contribution in [0.3, 0.4) is 0 Å². The first-order chi connectivity index (χ1) is 11.2. The molecule has 1 aliphatic rings. The Morgan fingerprint density at radius 1 is 1.26 bits per heavy atom. The Balaban J connectivity index is 1.68. The summed E-state index contributed by atoms with van der Waals surface area (Å²) in [5.74, 6) is 2.27. The van der Waals surface area contributed by atoms with Gasteiger partial charge in [-0.15, -0.1) is 0 Å². The van der Waals surface area contributed by atoms with Crippen LogP contribution in [-0.2, 0) is 6.42 Å². The highest BCUT2D eigenvalue weighted by Gasteiger charge is 2.18. The van der Waals surface area contributed by atoms with Gasteiger partial charge in [-0.3, -0.25) is 9.97 Å². The smallest absolute Gasteiger partial charge is 0.130 e. The van der Waals surface area contributed by atoms with Crippen molar-refractivity contribution in [3.8, 4) is 0 Å². The molecule has 0 spiro atoms. The molecule has 23 heavy (non-hydrogen) atoms. The van der Waals surface area contributed by atoms with Gasteiger partial charge in [0, 0.05) is 48.7 Å². The number of anilines is 1. The summed E-state index contributed by atoms with van der Waals surface area (Å²) in [7, 11) is 0. The first-order valence-corrected chi connectivity index (χ1v) is 8.28. The third kappa shape index (κ3) is 4.45. The van der Waals surface area contributed by atoms with Gasteiger partial charge in [0.2, 0.25) is 0 Å². The number of aromatic nitrogens is 4. The lowest BCUT2D eigenvalue weighted by molar-refractivity contribution is 0.452. The number of rotatable bonds is 5. The molecule has 1 fully saturated rings. The minimum absolute atomic E-state index is 0.238. The summed E-state index contributed by atoms with van der Waals surface area (Å²) in [5.41, 5.74) is 2.14. The molecular weight excluding hydrogens is 288 g/mol. The zero-order chi connectivity index (χ0) is 16.1. The largest absolute Gasteiger partial charge is 0.367 e. The summed E-state index contributed by atoms with van der Waals surface area (Å²) < 4.78 is 0. The summed E-state index contributed by atoms with van der Waals surface area (Å²) >= 11 is 0. The van der Waals surface area contributed by atoms with E-state index in [1.165, 1.54) is 0 Å². The molecule has 1 saturated heterocycles. The molecule has 2 aromatic heterocycles. The van der Waals surface area contributed by atoms with Crippen molar-refractivity contribution in [2.24, 2.45) is 0 Å². The standard InChI is InChI=1S/C17H24N6/c1-12(9-15-11-19-7-8-20-15)21-17-10-16(22-13(2)23-17)14-3-5-18-6-4-14/h7-8,10-12,14,18H,3-6,9H2,1-2H3,(H,21,22,23). The first kappa shape index (κ1) is 15.8. The molecule has 0 amide bonds. The number of piperidine rings is 1. The van der Waals surface area contributed by atoms with E-state index in [-0.39, 0.29) is 6.04 Å². The normalized spacial score (nSPS) is 17.0. The van der Waals surface area contributed by atoms with Crippen LogP contribution < -0.4 is 10.6 Å². The van der Waals surface area contributed by atoms with E-state index in [0.29, 0.717) is 5.92 Å². The highest BCUT2D eigenvalue weighted by molar-refractivity contribution is 5.38. The zero-order valence-electron chi connectivity index (χ0n) is 13.8. The molecule has 2 aromatic rings. The lowest BCUT2D eigenvalue weighted by Gasteiger charge is -2.23. The second kappa shape index (κ2) is 7.46. The van der Waals surface area contributed by atoms with Crippen molar-refractivity contribution < 1.29 is 0 Å². The van der Waals surface area contributed by atoms with Crippen molar-refractivity contribution in [1.82, 2.24) is 25.3 Å². The highest BCUT2D eigenvalue weighted by Crippen LogP contribution is 2.25. The van der Waals surface area contributed by atoms with Crippen LogP contribution in [0.5, 0.6) is 0 Å². The Kier molecular flexibility index (Phi) is 5.12. The van der Waals surface area contributed by atoms with E-state index in [2.05, 4.69) is 43.6 Å². The van der Waals surface area contributed by atoms with Crippen LogP contribution in [-0.4, -0.2) is 39.1 Å². The molecule has 6 nitrogen and oxygen atoms in total. The van der Waals surface area contributed by atoms with Crippen molar-refractivity contribution in [3.63, 3.8) is 0 Å². The van der Waals surface area contributed by atoms with Crippen LogP contribution >= 0.6 is 0 Å². The Bertz CT molecular complexity index is 624. The van der Waals surface area contributed by atoms with E-state index in [0.717, 1.165) is 55.4 Å². The Morgan fingerprint density at radius 2 is 2.09 bits per heavy atom. The molecule has 6 heteroatoms. The first-order valence-electron chi connectivity index (χ1n) is 8.28. The average molecular weight is 312 g/mol. The molecule has 0 radical (unpaired) electrons. The number of hydrogen-bond acceptors (Lipinski definition) is 6. The van der Waals surface area contributed by atoms with Gasteiger partial charge in [-0.2, -0.15) is 0 Å². The Labute approximate surface area is 137 Å². The molecule has 2 N–H and O–H groups in total. The number of nitrogens with zero attached hydrogens (tertiary/aromatic N) is 4. The van der Waals surface area contributed by atoms with Crippen molar-refractivity contribution in [2.45, 2.75) is 45.1 Å². The van der Waals surface area contributed by atoms with Gasteiger partial charge in [-0.25, -0.2) is 9.97 Å². The monoisotopic (exact) mass is 312 g/mol. The van der Waals surface area contributed by atoms with Crippen LogP contribution in [0.15, 0.2) is 24.7 Å². The van der Waals surface area contributed by atoms with Gasteiger partial charge in [0.05, 0.1) is 5.69 Å². The molecular formula is C17H24N6. The quantitative estimate of drug-likeness (QED) is 0.880. The van der Waals surface area contributed by atoms with E-state index in [9.17, 15) is 0 Å². The van der Waals surface area contributed by atoms with Crippen molar-refractivity contribution >= 4 is 5.82 Å². The van der Waals surface area contributed by atoms with E-state index in [1.807, 2.05) is 13.1 Å². The van der Waals surface area contributed by atoms with Gasteiger partial charge >= 0.3 is 0 Å². The van der Waals surface area contributed by atoms with E-state index < -0.39 is 0 Å². The van der Waals surface area contributed by atoms with E-state index >= 15 is 0 Å². The van der Waals surface area contributed by atoms with Crippen LogP contribution in [0.1, 0.15) is 42.9 Å². The second-order valence-electron chi connectivity index (χ2n) is 6.20.